The van der Waals surface area contributed by atoms with Gasteiger partial charge >= 0.3 is 0 Å². The Bertz CT molecular complexity index is 913. The molecule has 2 aromatic rings. The van der Waals surface area contributed by atoms with Gasteiger partial charge in [-0.2, -0.15) is 0 Å². The summed E-state index contributed by atoms with van der Waals surface area (Å²) in [6.45, 7) is 1.47. The normalized spacial score (nSPS) is 10.1. The molecule has 9 nitrogen and oxygen atoms in total. The van der Waals surface area contributed by atoms with E-state index in [-0.39, 0.29) is 23.7 Å². The largest absolute Gasteiger partial charge is 0.343 e. The topological polar surface area (TPSA) is 122 Å². The molecule has 2 aromatic carbocycles. The lowest BCUT2D eigenvalue weighted by atomic mass is 10.1. The van der Waals surface area contributed by atoms with E-state index in [0.717, 1.165) is 11.6 Å². The third-order valence-corrected chi connectivity index (χ3v) is 3.97. The molecule has 3 amide bonds. The zero-order valence-electron chi connectivity index (χ0n) is 15.5. The average molecular weight is 384 g/mol. The van der Waals surface area contributed by atoms with Crippen LogP contribution in [-0.4, -0.2) is 41.1 Å². The van der Waals surface area contributed by atoms with Crippen LogP contribution in [0.15, 0.2) is 48.5 Å². The number of carbonyl (C=O) groups is 3. The minimum atomic E-state index is -0.599. The maximum absolute atomic E-state index is 12.2. The zero-order chi connectivity index (χ0) is 20.7. The van der Waals surface area contributed by atoms with Crippen LogP contribution in [0.2, 0.25) is 0 Å². The Morgan fingerprint density at radius 3 is 2.50 bits per heavy atom. The summed E-state index contributed by atoms with van der Waals surface area (Å²) in [5, 5.41) is 15.9. The molecule has 0 saturated heterocycles. The minimum absolute atomic E-state index is 0.0884. The molecule has 9 heteroatoms. The molecular weight excluding hydrogens is 364 g/mol. The molecule has 0 atom stereocenters. The first kappa shape index (κ1) is 20.6. The van der Waals surface area contributed by atoms with Gasteiger partial charge in [-0.05, 0) is 17.7 Å². The van der Waals surface area contributed by atoms with Gasteiger partial charge in [0.2, 0.25) is 11.8 Å². The number of anilines is 1. The molecule has 0 radical (unpaired) electrons. The second-order valence-corrected chi connectivity index (χ2v) is 6.07. The minimum Gasteiger partial charge on any atom is -0.343 e. The summed E-state index contributed by atoms with van der Waals surface area (Å²) in [6, 6.07) is 12.3. The summed E-state index contributed by atoms with van der Waals surface area (Å²) < 4.78 is 0. The lowest BCUT2D eigenvalue weighted by molar-refractivity contribution is -0.384. The van der Waals surface area contributed by atoms with Crippen molar-refractivity contribution in [2.75, 3.05) is 18.9 Å². The SMILES string of the molecule is CC(=O)N(C)Cc1ccccc1NC(=O)CNC(=O)c1cccc([N+](=O)[O-])c1. The van der Waals surface area contributed by atoms with Gasteiger partial charge in [0.25, 0.3) is 11.6 Å². The Hall–Kier alpha value is -3.75. The van der Waals surface area contributed by atoms with Crippen LogP contribution >= 0.6 is 0 Å². The maximum atomic E-state index is 12.2. The lowest BCUT2D eigenvalue weighted by Crippen LogP contribution is -2.33. The number of non-ortho nitro benzene ring substituents is 1. The number of nitrogens with one attached hydrogen (secondary N) is 2. The highest BCUT2D eigenvalue weighted by Crippen LogP contribution is 2.17. The van der Waals surface area contributed by atoms with Gasteiger partial charge in [0, 0.05) is 43.9 Å². The first-order valence-electron chi connectivity index (χ1n) is 8.40. The van der Waals surface area contributed by atoms with Gasteiger partial charge in [-0.15, -0.1) is 0 Å². The summed E-state index contributed by atoms with van der Waals surface area (Å²) >= 11 is 0. The molecule has 0 aromatic heterocycles. The Morgan fingerprint density at radius 2 is 1.82 bits per heavy atom. The van der Waals surface area contributed by atoms with Crippen molar-refractivity contribution in [2.45, 2.75) is 13.5 Å². The number of rotatable bonds is 7. The fourth-order valence-corrected chi connectivity index (χ4v) is 2.36. The maximum Gasteiger partial charge on any atom is 0.270 e. The molecule has 0 unspecified atom stereocenters. The third-order valence-electron chi connectivity index (χ3n) is 3.97. The number of hydrogen-bond acceptors (Lipinski definition) is 5. The number of carbonyl (C=O) groups excluding carboxylic acids is 3. The van der Waals surface area contributed by atoms with Crippen molar-refractivity contribution in [3.8, 4) is 0 Å². The van der Waals surface area contributed by atoms with E-state index in [4.69, 9.17) is 0 Å². The number of benzene rings is 2. The summed E-state index contributed by atoms with van der Waals surface area (Å²) in [5.74, 6) is -1.16. The van der Waals surface area contributed by atoms with E-state index >= 15 is 0 Å². The van der Waals surface area contributed by atoms with Crippen molar-refractivity contribution < 1.29 is 19.3 Å². The number of hydrogen-bond donors (Lipinski definition) is 2. The Kier molecular flexibility index (Phi) is 6.80. The number of para-hydroxylation sites is 1. The van der Waals surface area contributed by atoms with Crippen LogP contribution in [0.5, 0.6) is 0 Å². The molecule has 2 rings (SSSR count). The standard InChI is InChI=1S/C19H20N4O5/c1-13(24)22(2)12-15-6-3-4-9-17(15)21-18(25)11-20-19(26)14-7-5-8-16(10-14)23(27)28/h3-10H,11-12H2,1-2H3,(H,20,26)(H,21,25). The van der Waals surface area contributed by atoms with Crippen LogP contribution in [0.1, 0.15) is 22.8 Å². The highest BCUT2D eigenvalue weighted by molar-refractivity contribution is 5.99. The van der Waals surface area contributed by atoms with E-state index in [2.05, 4.69) is 10.6 Å². The second kappa shape index (κ2) is 9.26. The van der Waals surface area contributed by atoms with Crippen molar-refractivity contribution in [1.29, 1.82) is 0 Å². The van der Waals surface area contributed by atoms with Crippen LogP contribution in [0.25, 0.3) is 0 Å². The molecule has 0 heterocycles. The van der Waals surface area contributed by atoms with Crippen LogP contribution in [0.3, 0.4) is 0 Å². The van der Waals surface area contributed by atoms with Gasteiger partial charge in [-0.3, -0.25) is 24.5 Å². The van der Waals surface area contributed by atoms with Gasteiger partial charge in [0.1, 0.15) is 0 Å². The van der Waals surface area contributed by atoms with Crippen LogP contribution < -0.4 is 10.6 Å². The summed E-state index contributed by atoms with van der Waals surface area (Å²) in [4.78, 5) is 47.4. The Morgan fingerprint density at radius 1 is 1.11 bits per heavy atom. The molecule has 0 aliphatic carbocycles. The Labute approximate surface area is 161 Å². The van der Waals surface area contributed by atoms with E-state index in [1.54, 1.807) is 31.3 Å². The molecular formula is C19H20N4O5. The third kappa shape index (κ3) is 5.63. The van der Waals surface area contributed by atoms with Crippen LogP contribution in [0, 0.1) is 10.1 Å². The van der Waals surface area contributed by atoms with E-state index in [1.807, 2.05) is 0 Å². The summed E-state index contributed by atoms with van der Waals surface area (Å²) in [7, 11) is 1.65. The second-order valence-electron chi connectivity index (χ2n) is 6.07. The quantitative estimate of drug-likeness (QED) is 0.558. The van der Waals surface area contributed by atoms with Gasteiger partial charge < -0.3 is 15.5 Å². The smallest absolute Gasteiger partial charge is 0.270 e. The van der Waals surface area contributed by atoms with E-state index in [0.29, 0.717) is 12.2 Å². The first-order chi connectivity index (χ1) is 13.3. The highest BCUT2D eigenvalue weighted by atomic mass is 16.6. The van der Waals surface area contributed by atoms with E-state index in [9.17, 15) is 24.5 Å². The van der Waals surface area contributed by atoms with Crippen molar-refractivity contribution in [1.82, 2.24) is 10.2 Å². The van der Waals surface area contributed by atoms with Crippen molar-refractivity contribution in [3.63, 3.8) is 0 Å². The number of nitro groups is 1. The van der Waals surface area contributed by atoms with E-state index in [1.165, 1.54) is 30.0 Å². The molecule has 0 fully saturated rings. The fourth-order valence-electron chi connectivity index (χ4n) is 2.36. The van der Waals surface area contributed by atoms with Crippen molar-refractivity contribution >= 4 is 29.1 Å². The molecule has 0 spiro atoms. The zero-order valence-corrected chi connectivity index (χ0v) is 15.5. The summed E-state index contributed by atoms with van der Waals surface area (Å²) in [5.41, 5.74) is 1.16. The average Bonchev–Trinajstić information content (AvgIpc) is 2.67. The predicted octanol–water partition coefficient (Wildman–Crippen LogP) is 1.94. The van der Waals surface area contributed by atoms with Crippen molar-refractivity contribution in [2.24, 2.45) is 0 Å². The number of nitro benzene ring substituents is 1. The highest BCUT2D eigenvalue weighted by Gasteiger charge is 2.14. The molecule has 0 saturated carbocycles. The van der Waals surface area contributed by atoms with Crippen LogP contribution in [0.4, 0.5) is 11.4 Å². The Balaban J connectivity index is 1.98. The first-order valence-corrected chi connectivity index (χ1v) is 8.40. The predicted molar refractivity (Wildman–Crippen MR) is 103 cm³/mol. The van der Waals surface area contributed by atoms with Gasteiger partial charge in [0.05, 0.1) is 11.5 Å². The van der Waals surface area contributed by atoms with Gasteiger partial charge in [-0.25, -0.2) is 0 Å². The van der Waals surface area contributed by atoms with Crippen LogP contribution in [-0.2, 0) is 16.1 Å². The van der Waals surface area contributed by atoms with Gasteiger partial charge in [-0.1, -0.05) is 24.3 Å². The fraction of sp³-hybridized carbons (Fsp3) is 0.211. The number of nitrogens with zero attached hydrogens (tertiary/aromatic N) is 2. The molecule has 0 aliphatic heterocycles. The number of amides is 3. The van der Waals surface area contributed by atoms with Crippen molar-refractivity contribution in [3.05, 3.63) is 69.8 Å². The molecule has 146 valence electrons. The molecule has 0 bridgehead atoms. The lowest BCUT2D eigenvalue weighted by Gasteiger charge is -2.18. The summed E-state index contributed by atoms with van der Waals surface area (Å²) in [6.07, 6.45) is 0. The van der Waals surface area contributed by atoms with E-state index < -0.39 is 16.7 Å². The van der Waals surface area contributed by atoms with Gasteiger partial charge in [0.15, 0.2) is 0 Å². The monoisotopic (exact) mass is 384 g/mol. The molecule has 0 aliphatic rings. The molecule has 2 N–H and O–H groups in total. The molecule has 28 heavy (non-hydrogen) atoms.